The third-order valence-electron chi connectivity index (χ3n) is 2.51. The summed E-state index contributed by atoms with van der Waals surface area (Å²) in [5.74, 6) is 0.528. The van der Waals surface area contributed by atoms with E-state index < -0.39 is 0 Å². The van der Waals surface area contributed by atoms with Gasteiger partial charge in [0.25, 0.3) is 0 Å². The maximum absolute atomic E-state index is 5.84. The van der Waals surface area contributed by atoms with Crippen LogP contribution in [-0.2, 0) is 9.47 Å². The molecule has 0 saturated carbocycles. The first-order valence-corrected chi connectivity index (χ1v) is 7.39. The Hall–Kier alpha value is -0.110. The minimum Gasteiger partial charge on any atom is -0.475 e. The molecular formula is C12H15ClINO3. The van der Waals surface area contributed by atoms with Crippen molar-refractivity contribution in [3.05, 3.63) is 20.9 Å². The van der Waals surface area contributed by atoms with E-state index in [0.29, 0.717) is 24.2 Å². The second-order valence-corrected chi connectivity index (χ2v) is 5.59. The van der Waals surface area contributed by atoms with Crippen molar-refractivity contribution in [2.75, 3.05) is 19.8 Å². The van der Waals surface area contributed by atoms with Crippen LogP contribution in [-0.4, -0.2) is 31.1 Å². The molecular weight excluding hydrogens is 368 g/mol. The van der Waals surface area contributed by atoms with Crippen molar-refractivity contribution in [2.24, 2.45) is 0 Å². The highest BCUT2D eigenvalue weighted by molar-refractivity contribution is 14.1. The lowest BCUT2D eigenvalue weighted by molar-refractivity contribution is -0.165. The fourth-order valence-electron chi connectivity index (χ4n) is 1.69. The molecule has 1 aliphatic rings. The highest BCUT2D eigenvalue weighted by Crippen LogP contribution is 2.18. The van der Waals surface area contributed by atoms with Crippen LogP contribution in [0.2, 0.25) is 5.15 Å². The lowest BCUT2D eigenvalue weighted by Gasteiger charge is -2.22. The van der Waals surface area contributed by atoms with Crippen molar-refractivity contribution in [2.45, 2.75) is 25.6 Å². The number of ether oxygens (including phenoxy) is 3. The van der Waals surface area contributed by atoms with Gasteiger partial charge in [0, 0.05) is 16.2 Å². The van der Waals surface area contributed by atoms with Crippen LogP contribution in [0.4, 0.5) is 0 Å². The van der Waals surface area contributed by atoms with Gasteiger partial charge in [0.15, 0.2) is 6.29 Å². The molecule has 1 fully saturated rings. The Balaban J connectivity index is 1.68. The summed E-state index contributed by atoms with van der Waals surface area (Å²) >= 11 is 8.01. The van der Waals surface area contributed by atoms with Gasteiger partial charge in [-0.15, -0.1) is 0 Å². The van der Waals surface area contributed by atoms with Gasteiger partial charge in [0.1, 0.15) is 11.8 Å². The summed E-state index contributed by atoms with van der Waals surface area (Å²) in [7, 11) is 0. The van der Waals surface area contributed by atoms with E-state index in [2.05, 4.69) is 27.6 Å². The number of halogens is 2. The number of pyridine rings is 1. The van der Waals surface area contributed by atoms with Crippen molar-refractivity contribution in [1.82, 2.24) is 4.98 Å². The molecule has 1 aromatic rings. The third kappa shape index (κ3) is 4.87. The molecule has 0 bridgehead atoms. The lowest BCUT2D eigenvalue weighted by atomic mass is 10.2. The summed E-state index contributed by atoms with van der Waals surface area (Å²) in [4.78, 5) is 4.07. The molecule has 0 N–H and O–H groups in total. The van der Waals surface area contributed by atoms with E-state index in [1.807, 2.05) is 6.07 Å². The maximum Gasteiger partial charge on any atom is 0.215 e. The van der Waals surface area contributed by atoms with Gasteiger partial charge in [-0.2, -0.15) is 0 Å². The van der Waals surface area contributed by atoms with Crippen LogP contribution in [0.5, 0.6) is 5.88 Å². The van der Waals surface area contributed by atoms with E-state index in [4.69, 9.17) is 25.8 Å². The van der Waals surface area contributed by atoms with E-state index in [1.165, 1.54) is 6.42 Å². The molecule has 0 aliphatic carbocycles. The molecule has 2 rings (SSSR count). The summed E-state index contributed by atoms with van der Waals surface area (Å²) in [6, 6.07) is 3.62. The van der Waals surface area contributed by atoms with Crippen LogP contribution < -0.4 is 4.74 Å². The molecule has 1 aromatic heterocycles. The Bertz CT molecular complexity index is 365. The van der Waals surface area contributed by atoms with Gasteiger partial charge in [-0.25, -0.2) is 4.98 Å². The molecule has 0 unspecified atom stereocenters. The monoisotopic (exact) mass is 383 g/mol. The van der Waals surface area contributed by atoms with Crippen LogP contribution in [0.15, 0.2) is 12.1 Å². The largest absolute Gasteiger partial charge is 0.475 e. The molecule has 18 heavy (non-hydrogen) atoms. The summed E-state index contributed by atoms with van der Waals surface area (Å²) in [5.41, 5.74) is 0. The molecule has 0 radical (unpaired) electrons. The lowest BCUT2D eigenvalue weighted by Crippen LogP contribution is -2.24. The first-order valence-electron chi connectivity index (χ1n) is 5.93. The summed E-state index contributed by atoms with van der Waals surface area (Å²) < 4.78 is 17.5. The van der Waals surface area contributed by atoms with Gasteiger partial charge in [-0.05, 0) is 47.9 Å². The molecule has 4 nitrogen and oxygen atoms in total. The summed E-state index contributed by atoms with van der Waals surface area (Å²) in [6.45, 7) is 1.73. The first kappa shape index (κ1) is 14.3. The van der Waals surface area contributed by atoms with Crippen molar-refractivity contribution in [1.29, 1.82) is 0 Å². The Labute approximate surface area is 125 Å². The summed E-state index contributed by atoms with van der Waals surface area (Å²) in [6.07, 6.45) is 3.18. The second-order valence-electron chi connectivity index (χ2n) is 3.96. The zero-order valence-electron chi connectivity index (χ0n) is 9.90. The number of aromatic nitrogens is 1. The van der Waals surface area contributed by atoms with Crippen molar-refractivity contribution < 1.29 is 14.2 Å². The number of hydrogen-bond acceptors (Lipinski definition) is 4. The van der Waals surface area contributed by atoms with Gasteiger partial charge in [-0.1, -0.05) is 11.6 Å². The van der Waals surface area contributed by atoms with Gasteiger partial charge >= 0.3 is 0 Å². The van der Waals surface area contributed by atoms with E-state index in [9.17, 15) is 0 Å². The molecule has 1 atom stereocenters. The average molecular weight is 384 g/mol. The van der Waals surface area contributed by atoms with Crippen molar-refractivity contribution in [3.63, 3.8) is 0 Å². The highest BCUT2D eigenvalue weighted by atomic mass is 127. The Morgan fingerprint density at radius 3 is 3.00 bits per heavy atom. The fraction of sp³-hybridized carbons (Fsp3) is 0.583. The van der Waals surface area contributed by atoms with E-state index in [0.717, 1.165) is 23.0 Å². The topological polar surface area (TPSA) is 40.6 Å². The van der Waals surface area contributed by atoms with Crippen LogP contribution in [0.1, 0.15) is 19.3 Å². The third-order valence-corrected chi connectivity index (χ3v) is 3.33. The molecule has 1 saturated heterocycles. The molecule has 0 amide bonds. The molecule has 2 heterocycles. The Morgan fingerprint density at radius 2 is 2.28 bits per heavy atom. The van der Waals surface area contributed by atoms with Gasteiger partial charge in [0.2, 0.25) is 5.88 Å². The number of rotatable bonds is 5. The molecule has 100 valence electrons. The predicted molar refractivity (Wildman–Crippen MR) is 77.0 cm³/mol. The van der Waals surface area contributed by atoms with Crippen molar-refractivity contribution >= 4 is 34.2 Å². The molecule has 6 heteroatoms. The average Bonchev–Trinajstić information content (AvgIpc) is 2.35. The Kier molecular flexibility index (Phi) is 5.94. The Morgan fingerprint density at radius 1 is 1.39 bits per heavy atom. The van der Waals surface area contributed by atoms with Crippen LogP contribution in [0.25, 0.3) is 0 Å². The SMILES string of the molecule is Clc1cc(I)cc(OCCO[C@@H]2CCCCO2)n1. The standard InChI is InChI=1S/C12H15ClINO3/c13-10-7-9(14)8-11(15-10)16-5-6-18-12-3-1-2-4-17-12/h7-8,12H,1-6H2/t12-/m1/s1. The van der Waals surface area contributed by atoms with E-state index in [1.54, 1.807) is 6.07 Å². The van der Waals surface area contributed by atoms with Crippen molar-refractivity contribution in [3.8, 4) is 5.88 Å². The van der Waals surface area contributed by atoms with Gasteiger partial charge in [0.05, 0.1) is 6.61 Å². The highest BCUT2D eigenvalue weighted by Gasteiger charge is 2.13. The maximum atomic E-state index is 5.84. The second kappa shape index (κ2) is 7.47. The first-order chi connectivity index (χ1) is 8.74. The van der Waals surface area contributed by atoms with E-state index in [-0.39, 0.29) is 6.29 Å². The minimum atomic E-state index is -0.0743. The molecule has 0 aromatic carbocycles. The van der Waals surface area contributed by atoms with Crippen LogP contribution >= 0.6 is 34.2 Å². The molecule has 0 spiro atoms. The normalized spacial score (nSPS) is 19.8. The van der Waals surface area contributed by atoms with Crippen LogP contribution in [0.3, 0.4) is 0 Å². The van der Waals surface area contributed by atoms with Gasteiger partial charge in [-0.3, -0.25) is 0 Å². The number of hydrogen-bond donors (Lipinski definition) is 0. The predicted octanol–water partition coefficient (Wildman–Crippen LogP) is 3.26. The van der Waals surface area contributed by atoms with E-state index >= 15 is 0 Å². The zero-order valence-corrected chi connectivity index (χ0v) is 12.8. The quantitative estimate of drug-likeness (QED) is 0.445. The van der Waals surface area contributed by atoms with Crippen LogP contribution in [0, 0.1) is 3.57 Å². The number of nitrogens with zero attached hydrogens (tertiary/aromatic N) is 1. The van der Waals surface area contributed by atoms with Gasteiger partial charge < -0.3 is 14.2 Å². The fourth-order valence-corrected chi connectivity index (χ4v) is 2.63. The zero-order chi connectivity index (χ0) is 12.8. The smallest absolute Gasteiger partial charge is 0.215 e. The minimum absolute atomic E-state index is 0.0743. The summed E-state index contributed by atoms with van der Waals surface area (Å²) in [5, 5.41) is 0.438. The molecule has 1 aliphatic heterocycles.